The highest BCUT2D eigenvalue weighted by atomic mass is 35.5. The molecular weight excluding hydrogens is 412 g/mol. The van der Waals surface area contributed by atoms with Crippen LogP contribution >= 0.6 is 11.6 Å². The van der Waals surface area contributed by atoms with E-state index in [-0.39, 0.29) is 22.2 Å². The van der Waals surface area contributed by atoms with Crippen LogP contribution in [0.25, 0.3) is 0 Å². The molecule has 0 aromatic heterocycles. The van der Waals surface area contributed by atoms with Gasteiger partial charge in [0.1, 0.15) is 11.8 Å². The lowest BCUT2D eigenvalue weighted by molar-refractivity contribution is -0.132. The first-order valence-corrected chi connectivity index (χ1v) is 11.5. The van der Waals surface area contributed by atoms with Gasteiger partial charge in [-0.3, -0.25) is 4.79 Å². The molecular formula is C21H27ClN2O4S. The Kier molecular flexibility index (Phi) is 8.49. The number of carbonyl (C=O) groups is 1. The van der Waals surface area contributed by atoms with Gasteiger partial charge in [0.05, 0.1) is 16.5 Å². The van der Waals surface area contributed by atoms with E-state index in [9.17, 15) is 13.2 Å². The number of rotatable bonds is 10. The first kappa shape index (κ1) is 23.2. The molecule has 0 aliphatic heterocycles. The van der Waals surface area contributed by atoms with Gasteiger partial charge >= 0.3 is 0 Å². The van der Waals surface area contributed by atoms with E-state index in [4.69, 9.17) is 16.3 Å². The fraction of sp³-hybridized carbons (Fsp3) is 0.381. The van der Waals surface area contributed by atoms with Crippen LogP contribution in [-0.4, -0.2) is 45.0 Å². The van der Waals surface area contributed by atoms with E-state index in [0.717, 1.165) is 5.56 Å². The van der Waals surface area contributed by atoms with Gasteiger partial charge in [0, 0.05) is 13.1 Å². The zero-order chi connectivity index (χ0) is 21.4. The average Bonchev–Trinajstić information content (AvgIpc) is 2.70. The van der Waals surface area contributed by atoms with Crippen LogP contribution in [0.4, 0.5) is 0 Å². The minimum atomic E-state index is -3.97. The van der Waals surface area contributed by atoms with Gasteiger partial charge < -0.3 is 9.64 Å². The highest BCUT2D eigenvalue weighted by molar-refractivity contribution is 7.89. The summed E-state index contributed by atoms with van der Waals surface area (Å²) in [6.07, 6.45) is 0.250. The topological polar surface area (TPSA) is 75.7 Å². The molecule has 0 fully saturated rings. The Balaban J connectivity index is 2.33. The second-order valence-corrected chi connectivity index (χ2v) is 8.52. The van der Waals surface area contributed by atoms with Gasteiger partial charge in [0.2, 0.25) is 15.9 Å². The van der Waals surface area contributed by atoms with Crippen molar-refractivity contribution >= 4 is 27.5 Å². The summed E-state index contributed by atoms with van der Waals surface area (Å²) in [4.78, 5) is 14.6. The molecule has 0 bridgehead atoms. The van der Waals surface area contributed by atoms with Crippen molar-refractivity contribution in [3.63, 3.8) is 0 Å². The van der Waals surface area contributed by atoms with Crippen LogP contribution in [-0.2, 0) is 21.2 Å². The molecule has 2 aromatic carbocycles. The van der Waals surface area contributed by atoms with Crippen LogP contribution in [0.15, 0.2) is 53.4 Å². The molecule has 0 saturated heterocycles. The highest BCUT2D eigenvalue weighted by Crippen LogP contribution is 2.27. The second-order valence-electron chi connectivity index (χ2n) is 6.40. The van der Waals surface area contributed by atoms with Gasteiger partial charge in [-0.2, -0.15) is 4.72 Å². The number of nitrogens with zero attached hydrogens (tertiary/aromatic N) is 1. The zero-order valence-corrected chi connectivity index (χ0v) is 18.5. The maximum atomic E-state index is 13.0. The fourth-order valence-electron chi connectivity index (χ4n) is 2.96. The summed E-state index contributed by atoms with van der Waals surface area (Å²) in [6.45, 7) is 6.95. The van der Waals surface area contributed by atoms with E-state index in [1.165, 1.54) is 18.2 Å². The standard InChI is InChI=1S/C21H27ClN2O4S/c1-4-24(5-2)21(25)19(14-16-10-8-7-9-11-16)23-29(26,27)17-12-13-20(28-6-3)18(22)15-17/h7-13,15,19,23H,4-6,14H2,1-3H3/t19-/m0/s1. The van der Waals surface area contributed by atoms with Crippen LogP contribution in [0.3, 0.4) is 0 Å². The zero-order valence-electron chi connectivity index (χ0n) is 16.9. The van der Waals surface area contributed by atoms with Crippen LogP contribution in [0.5, 0.6) is 5.75 Å². The molecule has 8 heteroatoms. The monoisotopic (exact) mass is 438 g/mol. The highest BCUT2D eigenvalue weighted by Gasteiger charge is 2.29. The van der Waals surface area contributed by atoms with Crippen LogP contribution in [0.2, 0.25) is 5.02 Å². The molecule has 158 valence electrons. The molecule has 2 aromatic rings. The molecule has 1 N–H and O–H groups in total. The predicted octanol–water partition coefficient (Wildman–Crippen LogP) is 3.50. The molecule has 0 aliphatic carbocycles. The van der Waals surface area contributed by atoms with Gasteiger partial charge in [0.25, 0.3) is 0 Å². The lowest BCUT2D eigenvalue weighted by Crippen LogP contribution is -2.49. The van der Waals surface area contributed by atoms with E-state index < -0.39 is 16.1 Å². The number of likely N-dealkylation sites (N-methyl/N-ethyl adjacent to an activating group) is 1. The number of sulfonamides is 1. The van der Waals surface area contributed by atoms with Crippen molar-refractivity contribution in [2.45, 2.75) is 38.1 Å². The number of carbonyl (C=O) groups excluding carboxylic acids is 1. The normalized spacial score (nSPS) is 12.4. The molecule has 0 saturated carbocycles. The quantitative estimate of drug-likeness (QED) is 0.616. The Bertz CT molecular complexity index is 916. The number of amides is 1. The Labute approximate surface area is 177 Å². The van der Waals surface area contributed by atoms with Crippen molar-refractivity contribution in [2.24, 2.45) is 0 Å². The Morgan fingerprint density at radius 2 is 1.76 bits per heavy atom. The third-order valence-corrected chi connectivity index (χ3v) is 6.23. The van der Waals surface area contributed by atoms with E-state index in [2.05, 4.69) is 4.72 Å². The third kappa shape index (κ3) is 6.19. The van der Waals surface area contributed by atoms with Crippen LogP contribution < -0.4 is 9.46 Å². The van der Waals surface area contributed by atoms with Crippen molar-refractivity contribution in [3.05, 3.63) is 59.1 Å². The van der Waals surface area contributed by atoms with Crippen molar-refractivity contribution in [1.29, 1.82) is 0 Å². The van der Waals surface area contributed by atoms with Gasteiger partial charge in [-0.15, -0.1) is 0 Å². The molecule has 1 atom stereocenters. The molecule has 0 heterocycles. The van der Waals surface area contributed by atoms with E-state index in [1.54, 1.807) is 4.90 Å². The number of nitrogens with one attached hydrogen (secondary N) is 1. The summed E-state index contributed by atoms with van der Waals surface area (Å²) in [6, 6.07) is 12.7. The maximum absolute atomic E-state index is 13.0. The molecule has 0 radical (unpaired) electrons. The summed E-state index contributed by atoms with van der Waals surface area (Å²) in [5.41, 5.74) is 0.866. The molecule has 0 aliphatic rings. The van der Waals surface area contributed by atoms with E-state index >= 15 is 0 Å². The third-order valence-electron chi connectivity index (χ3n) is 4.47. The van der Waals surface area contributed by atoms with Crippen molar-refractivity contribution in [2.75, 3.05) is 19.7 Å². The molecule has 0 spiro atoms. The number of halogens is 1. The lowest BCUT2D eigenvalue weighted by Gasteiger charge is -2.26. The summed E-state index contributed by atoms with van der Waals surface area (Å²) < 4.78 is 33.9. The first-order valence-electron chi connectivity index (χ1n) is 9.59. The van der Waals surface area contributed by atoms with Crippen molar-refractivity contribution in [3.8, 4) is 5.75 Å². The van der Waals surface area contributed by atoms with Crippen LogP contribution in [0.1, 0.15) is 26.3 Å². The molecule has 6 nitrogen and oxygen atoms in total. The number of benzene rings is 2. The fourth-order valence-corrected chi connectivity index (χ4v) is 4.48. The largest absolute Gasteiger partial charge is 0.492 e. The number of hydrogen-bond acceptors (Lipinski definition) is 4. The summed E-state index contributed by atoms with van der Waals surface area (Å²) in [5.74, 6) is 0.146. The second kappa shape index (κ2) is 10.6. The summed E-state index contributed by atoms with van der Waals surface area (Å²) in [7, 11) is -3.97. The van der Waals surface area contributed by atoms with Crippen molar-refractivity contribution in [1.82, 2.24) is 9.62 Å². The Hall–Kier alpha value is -2.09. The Morgan fingerprint density at radius 3 is 2.31 bits per heavy atom. The van der Waals surface area contributed by atoms with Gasteiger partial charge in [0.15, 0.2) is 0 Å². The molecule has 1 amide bonds. The first-order chi connectivity index (χ1) is 13.8. The maximum Gasteiger partial charge on any atom is 0.241 e. The van der Waals surface area contributed by atoms with Gasteiger partial charge in [-0.1, -0.05) is 41.9 Å². The predicted molar refractivity (Wildman–Crippen MR) is 115 cm³/mol. The van der Waals surface area contributed by atoms with Crippen molar-refractivity contribution < 1.29 is 17.9 Å². The summed E-state index contributed by atoms with van der Waals surface area (Å²) in [5, 5.41) is 0.199. The van der Waals surface area contributed by atoms with E-state index in [1.807, 2.05) is 51.1 Å². The average molecular weight is 439 g/mol. The number of ether oxygens (including phenoxy) is 1. The van der Waals surface area contributed by atoms with Gasteiger partial charge in [-0.05, 0) is 51.0 Å². The number of hydrogen-bond donors (Lipinski definition) is 1. The van der Waals surface area contributed by atoms with Crippen LogP contribution in [0, 0.1) is 0 Å². The molecule has 29 heavy (non-hydrogen) atoms. The summed E-state index contributed by atoms with van der Waals surface area (Å²) >= 11 is 6.15. The molecule has 2 rings (SSSR count). The van der Waals surface area contributed by atoms with E-state index in [0.29, 0.717) is 25.4 Å². The smallest absolute Gasteiger partial charge is 0.241 e. The SMILES string of the molecule is CCOc1ccc(S(=O)(=O)N[C@@H](Cc2ccccc2)C(=O)N(CC)CC)cc1Cl. The Morgan fingerprint density at radius 1 is 1.10 bits per heavy atom. The lowest BCUT2D eigenvalue weighted by atomic mass is 10.1. The van der Waals surface area contributed by atoms with Gasteiger partial charge in [-0.25, -0.2) is 8.42 Å². The minimum Gasteiger partial charge on any atom is -0.492 e. The molecule has 0 unspecified atom stereocenters. The minimum absolute atomic E-state index is 0.0173.